The summed E-state index contributed by atoms with van der Waals surface area (Å²) in [6.07, 6.45) is 11.9. The van der Waals surface area contributed by atoms with E-state index in [0.29, 0.717) is 23.0 Å². The number of carbonyl (C=O) groups excluding carboxylic acids is 1. The van der Waals surface area contributed by atoms with Gasteiger partial charge in [0.2, 0.25) is 0 Å². The van der Waals surface area contributed by atoms with Crippen LogP contribution in [0.5, 0.6) is 0 Å². The van der Waals surface area contributed by atoms with Crippen molar-refractivity contribution in [1.29, 1.82) is 0 Å². The highest BCUT2D eigenvalue weighted by Crippen LogP contribution is 2.68. The molecular formula is C22H36O2. The molecule has 0 aromatic heterocycles. The highest BCUT2D eigenvalue weighted by molar-refractivity contribution is 5.83. The van der Waals surface area contributed by atoms with Crippen LogP contribution < -0.4 is 0 Å². The molecule has 0 radical (unpaired) electrons. The van der Waals surface area contributed by atoms with Crippen molar-refractivity contribution in [2.75, 3.05) is 0 Å². The predicted octanol–water partition coefficient (Wildman–Crippen LogP) is 4.99. The molecule has 1 unspecified atom stereocenters. The first-order chi connectivity index (χ1) is 11.4. The van der Waals surface area contributed by atoms with Gasteiger partial charge in [-0.15, -0.1) is 0 Å². The molecule has 2 heteroatoms. The van der Waals surface area contributed by atoms with Crippen LogP contribution in [0.15, 0.2) is 0 Å². The summed E-state index contributed by atoms with van der Waals surface area (Å²) in [6, 6.07) is 0. The minimum absolute atomic E-state index is 0.0211. The lowest BCUT2D eigenvalue weighted by atomic mass is 9.44. The van der Waals surface area contributed by atoms with Gasteiger partial charge in [-0.1, -0.05) is 20.3 Å². The molecule has 8 atom stereocenters. The van der Waals surface area contributed by atoms with Crippen LogP contribution >= 0.6 is 0 Å². The summed E-state index contributed by atoms with van der Waals surface area (Å²) >= 11 is 0. The van der Waals surface area contributed by atoms with Gasteiger partial charge in [0, 0.05) is 5.41 Å². The van der Waals surface area contributed by atoms with Crippen LogP contribution in [0, 0.1) is 40.4 Å². The minimum Gasteiger partial charge on any atom is -0.393 e. The Hall–Kier alpha value is -0.370. The molecule has 1 N–H and O–H groups in total. The van der Waals surface area contributed by atoms with E-state index >= 15 is 0 Å². The second kappa shape index (κ2) is 5.83. The maximum Gasteiger partial charge on any atom is 0.136 e. The highest BCUT2D eigenvalue weighted by Gasteiger charge is 2.62. The SMILES string of the molecule is CC[C@H]1CC[C@H]2[C@@H]3CC[C@H]4C[C@H](O)CC[C@]4(C)[C@H]3CCC12C(C)=O. The van der Waals surface area contributed by atoms with Crippen LogP contribution in [-0.2, 0) is 4.79 Å². The van der Waals surface area contributed by atoms with E-state index in [1.54, 1.807) is 0 Å². The molecule has 0 spiro atoms. The van der Waals surface area contributed by atoms with Crippen molar-refractivity contribution in [2.24, 2.45) is 40.4 Å². The van der Waals surface area contributed by atoms with Crippen LogP contribution in [0.3, 0.4) is 0 Å². The smallest absolute Gasteiger partial charge is 0.136 e. The van der Waals surface area contributed by atoms with Gasteiger partial charge in [0.1, 0.15) is 5.78 Å². The first-order valence-electron chi connectivity index (χ1n) is 10.6. The van der Waals surface area contributed by atoms with Crippen LogP contribution in [0.2, 0.25) is 0 Å². The molecule has 0 amide bonds. The van der Waals surface area contributed by atoms with Crippen molar-refractivity contribution >= 4 is 5.78 Å². The molecule has 0 aromatic carbocycles. The lowest BCUT2D eigenvalue weighted by Crippen LogP contribution is -2.56. The first-order valence-corrected chi connectivity index (χ1v) is 10.6. The normalized spacial score (nSPS) is 53.8. The molecule has 0 aliphatic heterocycles. The topological polar surface area (TPSA) is 37.3 Å². The number of fused-ring (bicyclic) bond motifs is 5. The Morgan fingerprint density at radius 2 is 1.83 bits per heavy atom. The molecule has 24 heavy (non-hydrogen) atoms. The Labute approximate surface area is 147 Å². The number of aliphatic hydroxyl groups is 1. The van der Waals surface area contributed by atoms with Crippen molar-refractivity contribution in [3.8, 4) is 0 Å². The van der Waals surface area contributed by atoms with Gasteiger partial charge in [0.25, 0.3) is 0 Å². The van der Waals surface area contributed by atoms with Crippen molar-refractivity contribution in [3.05, 3.63) is 0 Å². The summed E-state index contributed by atoms with van der Waals surface area (Å²) in [4.78, 5) is 12.8. The molecule has 0 bridgehead atoms. The fourth-order valence-corrected chi connectivity index (χ4v) is 8.31. The lowest BCUT2D eigenvalue weighted by molar-refractivity contribution is -0.153. The van der Waals surface area contributed by atoms with Crippen molar-refractivity contribution < 1.29 is 9.90 Å². The molecule has 0 saturated heterocycles. The molecule has 4 aliphatic rings. The Bertz CT molecular complexity index is 514. The van der Waals surface area contributed by atoms with E-state index in [1.807, 2.05) is 6.92 Å². The average molecular weight is 333 g/mol. The quantitative estimate of drug-likeness (QED) is 0.774. The summed E-state index contributed by atoms with van der Waals surface area (Å²) in [5.74, 6) is 4.09. The highest BCUT2D eigenvalue weighted by atomic mass is 16.3. The van der Waals surface area contributed by atoms with E-state index in [4.69, 9.17) is 0 Å². The zero-order valence-electron chi connectivity index (χ0n) is 15.9. The van der Waals surface area contributed by atoms with E-state index < -0.39 is 0 Å². The van der Waals surface area contributed by atoms with E-state index in [-0.39, 0.29) is 11.5 Å². The average Bonchev–Trinajstić information content (AvgIpc) is 2.95. The van der Waals surface area contributed by atoms with E-state index in [0.717, 1.165) is 37.0 Å². The second-order valence-electron chi connectivity index (χ2n) is 9.90. The third-order valence-electron chi connectivity index (χ3n) is 9.47. The van der Waals surface area contributed by atoms with Crippen LogP contribution in [0.1, 0.15) is 85.0 Å². The Morgan fingerprint density at radius 1 is 1.04 bits per heavy atom. The van der Waals surface area contributed by atoms with Gasteiger partial charge in [-0.2, -0.15) is 0 Å². The number of Topliss-reactive ketones (excluding diaryl/α,β-unsaturated/α-hetero) is 1. The monoisotopic (exact) mass is 332 g/mol. The maximum absolute atomic E-state index is 12.8. The van der Waals surface area contributed by atoms with E-state index in [9.17, 15) is 9.90 Å². The minimum atomic E-state index is -0.0597. The first kappa shape index (κ1) is 17.1. The van der Waals surface area contributed by atoms with Gasteiger partial charge in [0.15, 0.2) is 0 Å². The molecule has 4 rings (SSSR count). The van der Waals surface area contributed by atoms with E-state index in [2.05, 4.69) is 13.8 Å². The molecule has 136 valence electrons. The summed E-state index contributed by atoms with van der Waals surface area (Å²) in [5, 5.41) is 10.1. The van der Waals surface area contributed by atoms with Crippen molar-refractivity contribution in [1.82, 2.24) is 0 Å². The Morgan fingerprint density at radius 3 is 2.54 bits per heavy atom. The second-order valence-corrected chi connectivity index (χ2v) is 9.90. The lowest BCUT2D eigenvalue weighted by Gasteiger charge is -2.61. The predicted molar refractivity (Wildman–Crippen MR) is 96.5 cm³/mol. The molecular weight excluding hydrogens is 296 g/mol. The van der Waals surface area contributed by atoms with Gasteiger partial charge >= 0.3 is 0 Å². The number of hydrogen-bond donors (Lipinski definition) is 1. The Kier molecular flexibility index (Phi) is 4.14. The summed E-state index contributed by atoms with van der Waals surface area (Å²) < 4.78 is 0. The summed E-state index contributed by atoms with van der Waals surface area (Å²) in [6.45, 7) is 6.73. The maximum atomic E-state index is 12.8. The van der Waals surface area contributed by atoms with Crippen molar-refractivity contribution in [3.63, 3.8) is 0 Å². The molecule has 4 saturated carbocycles. The van der Waals surface area contributed by atoms with Crippen LogP contribution in [0.4, 0.5) is 0 Å². The third kappa shape index (κ3) is 2.14. The van der Waals surface area contributed by atoms with Gasteiger partial charge < -0.3 is 5.11 Å². The summed E-state index contributed by atoms with van der Waals surface area (Å²) in [5.41, 5.74) is 0.447. The largest absolute Gasteiger partial charge is 0.393 e. The van der Waals surface area contributed by atoms with Gasteiger partial charge in [-0.25, -0.2) is 0 Å². The number of aliphatic hydroxyl groups excluding tert-OH is 1. The van der Waals surface area contributed by atoms with E-state index in [1.165, 1.54) is 44.9 Å². The Balaban J connectivity index is 1.66. The summed E-state index contributed by atoms with van der Waals surface area (Å²) in [7, 11) is 0. The molecule has 4 aliphatic carbocycles. The fraction of sp³-hybridized carbons (Fsp3) is 0.955. The third-order valence-corrected chi connectivity index (χ3v) is 9.47. The number of hydrogen-bond acceptors (Lipinski definition) is 2. The van der Waals surface area contributed by atoms with Gasteiger partial charge in [-0.05, 0) is 99.7 Å². The molecule has 0 heterocycles. The zero-order valence-corrected chi connectivity index (χ0v) is 15.9. The molecule has 2 nitrogen and oxygen atoms in total. The molecule has 0 aromatic rings. The van der Waals surface area contributed by atoms with Crippen LogP contribution in [-0.4, -0.2) is 17.0 Å². The zero-order chi connectivity index (χ0) is 17.1. The van der Waals surface area contributed by atoms with Gasteiger partial charge in [0.05, 0.1) is 6.10 Å². The number of carbonyl (C=O) groups is 1. The number of ketones is 1. The molecule has 4 fully saturated rings. The van der Waals surface area contributed by atoms with Gasteiger partial charge in [-0.3, -0.25) is 4.79 Å². The van der Waals surface area contributed by atoms with Crippen LogP contribution in [0.25, 0.3) is 0 Å². The van der Waals surface area contributed by atoms with Crippen molar-refractivity contribution in [2.45, 2.75) is 91.1 Å². The number of rotatable bonds is 2. The standard InChI is InChI=1S/C22H36O2/c1-4-15-6-8-20-18-7-5-16-13-17(24)9-11-21(16,3)19(18)10-12-22(15,20)14(2)23/h15-20,24H,4-13H2,1-3H3/t15-,16-,17+,18+,19-,20-,21-,22?/m0/s1. The fourth-order valence-electron chi connectivity index (χ4n) is 8.31.